The molecule has 0 bridgehead atoms. The fraction of sp³-hybridized carbons (Fsp3) is 0.471. The lowest BCUT2D eigenvalue weighted by Gasteiger charge is -2.21. The van der Waals surface area contributed by atoms with Crippen molar-refractivity contribution >= 4 is 23.0 Å². The summed E-state index contributed by atoms with van der Waals surface area (Å²) < 4.78 is 6.06. The SMILES string of the molecule is C[C@H](NC(=O)OC(C)(C)C)C(=O)NCCn1c(=O)[nH]c2ncccc2c1=O. The molecule has 10 nitrogen and oxygen atoms in total. The normalized spacial score (nSPS) is 12.4. The largest absolute Gasteiger partial charge is 0.444 e. The molecule has 2 rings (SSSR count). The van der Waals surface area contributed by atoms with Gasteiger partial charge in [0, 0.05) is 19.3 Å². The average molecular weight is 377 g/mol. The molecule has 146 valence electrons. The van der Waals surface area contributed by atoms with Gasteiger partial charge in [-0.1, -0.05) is 0 Å². The lowest BCUT2D eigenvalue weighted by atomic mass is 10.2. The van der Waals surface area contributed by atoms with E-state index in [1.165, 1.54) is 13.1 Å². The number of pyridine rings is 1. The monoisotopic (exact) mass is 377 g/mol. The summed E-state index contributed by atoms with van der Waals surface area (Å²) in [6.45, 7) is 6.65. The van der Waals surface area contributed by atoms with Crippen molar-refractivity contribution in [1.82, 2.24) is 25.2 Å². The maximum atomic E-state index is 12.4. The second-order valence-electron chi connectivity index (χ2n) is 6.95. The van der Waals surface area contributed by atoms with E-state index in [-0.39, 0.29) is 24.1 Å². The molecule has 0 aliphatic carbocycles. The number of amides is 2. The van der Waals surface area contributed by atoms with Crippen LogP contribution in [0.5, 0.6) is 0 Å². The first-order valence-electron chi connectivity index (χ1n) is 8.43. The van der Waals surface area contributed by atoms with Crippen LogP contribution >= 0.6 is 0 Å². The van der Waals surface area contributed by atoms with Gasteiger partial charge in [-0.05, 0) is 39.8 Å². The van der Waals surface area contributed by atoms with Gasteiger partial charge in [0.15, 0.2) is 0 Å². The zero-order valence-electron chi connectivity index (χ0n) is 15.7. The maximum absolute atomic E-state index is 12.4. The Kier molecular flexibility index (Phi) is 5.98. The summed E-state index contributed by atoms with van der Waals surface area (Å²) in [6.07, 6.45) is 0.765. The number of aromatic nitrogens is 3. The molecule has 0 aliphatic heterocycles. The molecule has 0 aromatic carbocycles. The summed E-state index contributed by atoms with van der Waals surface area (Å²) in [5, 5.41) is 5.26. The van der Waals surface area contributed by atoms with E-state index >= 15 is 0 Å². The number of hydrogen-bond acceptors (Lipinski definition) is 6. The second-order valence-corrected chi connectivity index (χ2v) is 6.95. The summed E-state index contributed by atoms with van der Waals surface area (Å²) in [7, 11) is 0. The summed E-state index contributed by atoms with van der Waals surface area (Å²) in [4.78, 5) is 54.6. The van der Waals surface area contributed by atoms with Gasteiger partial charge >= 0.3 is 11.8 Å². The van der Waals surface area contributed by atoms with Crippen molar-refractivity contribution in [2.24, 2.45) is 0 Å². The van der Waals surface area contributed by atoms with E-state index in [9.17, 15) is 19.2 Å². The molecule has 2 heterocycles. The molecule has 0 spiro atoms. The maximum Gasteiger partial charge on any atom is 0.408 e. The Morgan fingerprint density at radius 1 is 1.33 bits per heavy atom. The van der Waals surface area contributed by atoms with Gasteiger partial charge in [-0.2, -0.15) is 0 Å². The number of nitrogens with one attached hydrogen (secondary N) is 3. The highest BCUT2D eigenvalue weighted by Crippen LogP contribution is 2.06. The van der Waals surface area contributed by atoms with Crippen LogP contribution in [0, 0.1) is 0 Å². The topological polar surface area (TPSA) is 135 Å². The minimum Gasteiger partial charge on any atom is -0.444 e. The molecule has 3 N–H and O–H groups in total. The molecule has 1 atom stereocenters. The highest BCUT2D eigenvalue weighted by atomic mass is 16.6. The van der Waals surface area contributed by atoms with Gasteiger partial charge < -0.3 is 15.4 Å². The van der Waals surface area contributed by atoms with E-state index in [4.69, 9.17) is 4.74 Å². The van der Waals surface area contributed by atoms with Crippen molar-refractivity contribution in [3.8, 4) is 0 Å². The van der Waals surface area contributed by atoms with Crippen LogP contribution in [0.15, 0.2) is 27.9 Å². The van der Waals surface area contributed by atoms with Crippen LogP contribution in [0.25, 0.3) is 11.0 Å². The highest BCUT2D eigenvalue weighted by Gasteiger charge is 2.20. The molecule has 2 aromatic heterocycles. The minimum absolute atomic E-state index is 0.0239. The molecule has 0 saturated heterocycles. The molecule has 2 amide bonds. The van der Waals surface area contributed by atoms with E-state index in [0.29, 0.717) is 0 Å². The lowest BCUT2D eigenvalue weighted by Crippen LogP contribution is -2.47. The number of nitrogens with zero attached hydrogens (tertiary/aromatic N) is 2. The number of alkyl carbamates (subject to hydrolysis) is 1. The van der Waals surface area contributed by atoms with Crippen LogP contribution in [0.4, 0.5) is 4.79 Å². The molecule has 0 radical (unpaired) electrons. The predicted molar refractivity (Wildman–Crippen MR) is 98.5 cm³/mol. The number of fused-ring (bicyclic) bond motifs is 1. The quantitative estimate of drug-likeness (QED) is 0.677. The Bertz CT molecular complexity index is 957. The van der Waals surface area contributed by atoms with E-state index < -0.39 is 34.9 Å². The third kappa shape index (κ3) is 5.40. The molecule has 2 aromatic rings. The van der Waals surface area contributed by atoms with E-state index in [2.05, 4.69) is 20.6 Å². The molecular weight excluding hydrogens is 354 g/mol. The van der Waals surface area contributed by atoms with E-state index in [1.807, 2.05) is 0 Å². The van der Waals surface area contributed by atoms with Gasteiger partial charge in [-0.3, -0.25) is 19.1 Å². The number of carbonyl (C=O) groups is 2. The Labute approximate surface area is 154 Å². The summed E-state index contributed by atoms with van der Waals surface area (Å²) in [6, 6.07) is 2.32. The summed E-state index contributed by atoms with van der Waals surface area (Å²) in [5.74, 6) is -0.465. The molecule has 0 saturated carbocycles. The lowest BCUT2D eigenvalue weighted by molar-refractivity contribution is -0.122. The smallest absolute Gasteiger partial charge is 0.408 e. The first-order valence-corrected chi connectivity index (χ1v) is 8.43. The predicted octanol–water partition coefficient (Wildman–Crippen LogP) is 0.114. The first kappa shape index (κ1) is 20.1. The average Bonchev–Trinajstić information content (AvgIpc) is 2.55. The number of aromatic amines is 1. The zero-order chi connectivity index (χ0) is 20.2. The molecule has 10 heteroatoms. The van der Waals surface area contributed by atoms with Crippen LogP contribution in [0.3, 0.4) is 0 Å². The first-order chi connectivity index (χ1) is 12.6. The third-order valence-electron chi connectivity index (χ3n) is 3.51. The number of H-pyrrole nitrogens is 1. The fourth-order valence-corrected chi connectivity index (χ4v) is 2.28. The Morgan fingerprint density at radius 2 is 2.04 bits per heavy atom. The van der Waals surface area contributed by atoms with Crippen molar-refractivity contribution in [2.75, 3.05) is 6.54 Å². The van der Waals surface area contributed by atoms with Crippen molar-refractivity contribution in [3.05, 3.63) is 39.2 Å². The second kappa shape index (κ2) is 8.02. The van der Waals surface area contributed by atoms with Gasteiger partial charge in [-0.25, -0.2) is 14.6 Å². The van der Waals surface area contributed by atoms with Crippen molar-refractivity contribution in [1.29, 1.82) is 0 Å². The van der Waals surface area contributed by atoms with Crippen LogP contribution in [-0.4, -0.2) is 44.7 Å². The standard InChI is InChI=1S/C17H23N5O5/c1-10(20-16(26)27-17(2,3)4)13(23)19-8-9-22-14(24)11-6-5-7-18-12(11)21-15(22)25/h5-7,10H,8-9H2,1-4H3,(H,19,23)(H,20,26)(H,18,21,25)/t10-/m0/s1. The minimum atomic E-state index is -0.837. The van der Waals surface area contributed by atoms with Crippen LogP contribution in [0.1, 0.15) is 27.7 Å². The summed E-state index contributed by atoms with van der Waals surface area (Å²) >= 11 is 0. The summed E-state index contributed by atoms with van der Waals surface area (Å²) in [5.41, 5.74) is -1.56. The molecule has 0 unspecified atom stereocenters. The molecule has 27 heavy (non-hydrogen) atoms. The number of hydrogen-bond donors (Lipinski definition) is 3. The van der Waals surface area contributed by atoms with Crippen LogP contribution in [0.2, 0.25) is 0 Å². The zero-order valence-corrected chi connectivity index (χ0v) is 15.7. The van der Waals surface area contributed by atoms with Crippen molar-refractivity contribution < 1.29 is 14.3 Å². The van der Waals surface area contributed by atoms with Gasteiger partial charge in [0.2, 0.25) is 5.91 Å². The Hall–Kier alpha value is -3.17. The van der Waals surface area contributed by atoms with E-state index in [1.54, 1.807) is 32.9 Å². The van der Waals surface area contributed by atoms with Crippen LogP contribution < -0.4 is 21.9 Å². The highest BCUT2D eigenvalue weighted by molar-refractivity contribution is 5.85. The van der Waals surface area contributed by atoms with Gasteiger partial charge in [0.25, 0.3) is 5.56 Å². The van der Waals surface area contributed by atoms with Gasteiger partial charge in [0.1, 0.15) is 17.3 Å². The number of ether oxygens (including phenoxy) is 1. The third-order valence-corrected chi connectivity index (χ3v) is 3.51. The van der Waals surface area contributed by atoms with Crippen LogP contribution in [-0.2, 0) is 16.1 Å². The Morgan fingerprint density at radius 3 is 2.70 bits per heavy atom. The Balaban J connectivity index is 1.95. The molecular formula is C17H23N5O5. The fourth-order valence-electron chi connectivity index (χ4n) is 2.28. The molecule has 0 aliphatic rings. The number of rotatable bonds is 5. The van der Waals surface area contributed by atoms with Crippen molar-refractivity contribution in [2.45, 2.75) is 45.9 Å². The number of carbonyl (C=O) groups excluding carboxylic acids is 2. The van der Waals surface area contributed by atoms with Gasteiger partial charge in [0.05, 0.1) is 5.39 Å². The van der Waals surface area contributed by atoms with Gasteiger partial charge in [-0.15, -0.1) is 0 Å². The van der Waals surface area contributed by atoms with E-state index in [0.717, 1.165) is 4.57 Å². The molecule has 0 fully saturated rings. The van der Waals surface area contributed by atoms with Crippen molar-refractivity contribution in [3.63, 3.8) is 0 Å².